The zero-order valence-electron chi connectivity index (χ0n) is 6.93. The Morgan fingerprint density at radius 2 is 2.08 bits per heavy atom. The molecule has 1 fully saturated rings. The summed E-state index contributed by atoms with van der Waals surface area (Å²) in [4.78, 5) is 21.3. The van der Waals surface area contributed by atoms with Gasteiger partial charge >= 0.3 is 5.97 Å². The molecule has 0 saturated heterocycles. The number of ether oxygens (including phenoxy) is 1. The van der Waals surface area contributed by atoms with Gasteiger partial charge < -0.3 is 4.74 Å². The quantitative estimate of drug-likeness (QED) is 0.381. The Labute approximate surface area is 76.0 Å². The van der Waals surface area contributed by atoms with Crippen LogP contribution in [-0.2, 0) is 14.3 Å². The van der Waals surface area contributed by atoms with Crippen LogP contribution in [0.4, 0.5) is 0 Å². The molecule has 1 saturated carbocycles. The van der Waals surface area contributed by atoms with Crippen LogP contribution < -0.4 is 0 Å². The minimum atomic E-state index is -0.729. The Hall–Kier alpha value is -0.570. The molecule has 0 radical (unpaired) electrons. The molecule has 12 heavy (non-hydrogen) atoms. The van der Waals surface area contributed by atoms with Gasteiger partial charge in [0.2, 0.25) is 0 Å². The van der Waals surface area contributed by atoms with E-state index in [2.05, 4.69) is 4.74 Å². The number of rotatable bonds is 4. The average Bonchev–Trinajstić information content (AvgIpc) is 2.69. The van der Waals surface area contributed by atoms with Crippen molar-refractivity contribution < 1.29 is 14.3 Å². The molecule has 68 valence electrons. The van der Waals surface area contributed by atoms with Crippen molar-refractivity contribution in [1.82, 2.24) is 0 Å². The minimum absolute atomic E-state index is 0.183. The lowest BCUT2D eigenvalue weighted by Gasteiger charge is -2.03. The lowest BCUT2D eigenvalue weighted by molar-refractivity contribution is -0.145. The lowest BCUT2D eigenvalue weighted by Crippen LogP contribution is -2.20. The second kappa shape index (κ2) is 3.44. The van der Waals surface area contributed by atoms with Gasteiger partial charge in [-0.1, -0.05) is 0 Å². The molecule has 0 N–H and O–H groups in total. The largest absolute Gasteiger partial charge is 0.466 e. The van der Waals surface area contributed by atoms with Gasteiger partial charge in [-0.3, -0.25) is 9.59 Å². The summed E-state index contributed by atoms with van der Waals surface area (Å²) in [5, 5.41) is 0. The first-order chi connectivity index (χ1) is 5.58. The SMILES string of the molecule is CCOC(=O)CC(=O)C1(Cl)CC1. The number of hydrogen-bond donors (Lipinski definition) is 0. The Kier molecular flexibility index (Phi) is 2.73. The number of carbonyl (C=O) groups excluding carboxylic acids is 2. The summed E-state index contributed by atoms with van der Waals surface area (Å²) in [5.74, 6) is -0.683. The van der Waals surface area contributed by atoms with Crippen LogP contribution >= 0.6 is 11.6 Å². The van der Waals surface area contributed by atoms with Crippen LogP contribution in [0.15, 0.2) is 0 Å². The van der Waals surface area contributed by atoms with E-state index in [4.69, 9.17) is 11.6 Å². The van der Waals surface area contributed by atoms with Gasteiger partial charge in [-0.25, -0.2) is 0 Å². The van der Waals surface area contributed by atoms with Gasteiger partial charge in [0.25, 0.3) is 0 Å². The van der Waals surface area contributed by atoms with Crippen LogP contribution in [0.2, 0.25) is 0 Å². The third kappa shape index (κ3) is 2.21. The van der Waals surface area contributed by atoms with Crippen molar-refractivity contribution in [3.63, 3.8) is 0 Å². The summed E-state index contributed by atoms with van der Waals surface area (Å²) >= 11 is 5.78. The highest BCUT2D eigenvalue weighted by Gasteiger charge is 2.48. The van der Waals surface area contributed by atoms with Crippen molar-refractivity contribution in [3.8, 4) is 0 Å². The molecule has 0 atom stereocenters. The molecule has 0 unspecified atom stereocenters. The van der Waals surface area contributed by atoms with E-state index in [0.717, 1.165) is 0 Å². The summed E-state index contributed by atoms with van der Waals surface area (Å²) in [6, 6.07) is 0. The van der Waals surface area contributed by atoms with Crippen LogP contribution in [0.25, 0.3) is 0 Å². The molecule has 0 bridgehead atoms. The van der Waals surface area contributed by atoms with Crippen molar-refractivity contribution in [1.29, 1.82) is 0 Å². The zero-order chi connectivity index (χ0) is 9.19. The van der Waals surface area contributed by atoms with Crippen molar-refractivity contribution >= 4 is 23.4 Å². The maximum Gasteiger partial charge on any atom is 0.313 e. The van der Waals surface area contributed by atoms with Gasteiger partial charge in [0.05, 0.1) is 6.61 Å². The maximum absolute atomic E-state index is 11.2. The molecular formula is C8H11ClO3. The fourth-order valence-corrected chi connectivity index (χ4v) is 1.05. The van der Waals surface area contributed by atoms with Crippen molar-refractivity contribution in [2.45, 2.75) is 31.1 Å². The highest BCUT2D eigenvalue weighted by atomic mass is 35.5. The summed E-state index contributed by atoms with van der Waals surface area (Å²) in [5.41, 5.74) is 0. The molecule has 0 aromatic heterocycles. The number of Topliss-reactive ketones (excluding diaryl/α,β-unsaturated/α-hetero) is 1. The van der Waals surface area contributed by atoms with E-state index in [-0.39, 0.29) is 12.2 Å². The van der Waals surface area contributed by atoms with E-state index in [0.29, 0.717) is 19.4 Å². The third-order valence-corrected chi connectivity index (χ3v) is 2.39. The van der Waals surface area contributed by atoms with E-state index in [1.165, 1.54) is 0 Å². The van der Waals surface area contributed by atoms with Crippen LogP contribution in [0.5, 0.6) is 0 Å². The van der Waals surface area contributed by atoms with E-state index in [1.807, 2.05) is 0 Å². The highest BCUT2D eigenvalue weighted by Crippen LogP contribution is 2.44. The summed E-state index contributed by atoms with van der Waals surface area (Å²) in [6.07, 6.45) is 1.19. The standard InChI is InChI=1S/C8H11ClO3/c1-2-12-7(11)5-6(10)8(9)3-4-8/h2-5H2,1H3. The molecule has 0 aromatic carbocycles. The van der Waals surface area contributed by atoms with E-state index >= 15 is 0 Å². The van der Waals surface area contributed by atoms with Gasteiger partial charge in [-0.05, 0) is 19.8 Å². The predicted octanol–water partition coefficient (Wildman–Crippen LogP) is 1.28. The first-order valence-corrected chi connectivity index (χ1v) is 4.34. The predicted molar refractivity (Wildman–Crippen MR) is 44.1 cm³/mol. The Morgan fingerprint density at radius 1 is 1.50 bits per heavy atom. The molecule has 3 nitrogen and oxygen atoms in total. The van der Waals surface area contributed by atoms with Gasteiger partial charge in [0, 0.05) is 0 Å². The van der Waals surface area contributed by atoms with Gasteiger partial charge in [0.15, 0.2) is 5.78 Å². The zero-order valence-corrected chi connectivity index (χ0v) is 7.69. The fraction of sp³-hybridized carbons (Fsp3) is 0.750. The fourth-order valence-electron chi connectivity index (χ4n) is 0.890. The number of esters is 1. The molecule has 0 amide bonds. The highest BCUT2D eigenvalue weighted by molar-refractivity contribution is 6.38. The maximum atomic E-state index is 11.2. The van der Waals surface area contributed by atoms with Crippen molar-refractivity contribution in [3.05, 3.63) is 0 Å². The summed E-state index contributed by atoms with van der Waals surface area (Å²) < 4.78 is 4.62. The van der Waals surface area contributed by atoms with Crippen molar-refractivity contribution in [2.24, 2.45) is 0 Å². The van der Waals surface area contributed by atoms with Crippen molar-refractivity contribution in [2.75, 3.05) is 6.61 Å². The molecule has 1 rings (SSSR count). The summed E-state index contributed by atoms with van der Waals surface area (Å²) in [6.45, 7) is 2.01. The topological polar surface area (TPSA) is 43.4 Å². The Morgan fingerprint density at radius 3 is 2.50 bits per heavy atom. The normalized spacial score (nSPS) is 18.5. The van der Waals surface area contributed by atoms with E-state index in [9.17, 15) is 9.59 Å². The number of halogens is 1. The third-order valence-electron chi connectivity index (χ3n) is 1.80. The molecule has 1 aliphatic rings. The van der Waals surface area contributed by atoms with E-state index < -0.39 is 10.8 Å². The van der Waals surface area contributed by atoms with Crippen LogP contribution in [0, 0.1) is 0 Å². The second-order valence-electron chi connectivity index (χ2n) is 2.87. The van der Waals surface area contributed by atoms with Gasteiger partial charge in [0.1, 0.15) is 11.3 Å². The summed E-state index contributed by atoms with van der Waals surface area (Å²) in [7, 11) is 0. The van der Waals surface area contributed by atoms with E-state index in [1.54, 1.807) is 6.92 Å². The second-order valence-corrected chi connectivity index (χ2v) is 3.59. The number of hydrogen-bond acceptors (Lipinski definition) is 3. The molecule has 0 spiro atoms. The number of carbonyl (C=O) groups is 2. The molecule has 0 aliphatic heterocycles. The molecule has 0 heterocycles. The van der Waals surface area contributed by atoms with Gasteiger partial charge in [-0.2, -0.15) is 0 Å². The average molecular weight is 191 g/mol. The first-order valence-electron chi connectivity index (χ1n) is 3.96. The Bertz CT molecular complexity index is 208. The molecular weight excluding hydrogens is 180 g/mol. The molecule has 0 aromatic rings. The van der Waals surface area contributed by atoms with Crippen LogP contribution in [-0.4, -0.2) is 23.2 Å². The molecule has 1 aliphatic carbocycles. The smallest absolute Gasteiger partial charge is 0.313 e. The minimum Gasteiger partial charge on any atom is -0.466 e. The first kappa shape index (κ1) is 9.52. The number of alkyl halides is 1. The van der Waals surface area contributed by atoms with Gasteiger partial charge in [-0.15, -0.1) is 11.6 Å². The molecule has 4 heteroatoms. The van der Waals surface area contributed by atoms with Crippen LogP contribution in [0.1, 0.15) is 26.2 Å². The number of ketones is 1. The van der Waals surface area contributed by atoms with Crippen LogP contribution in [0.3, 0.4) is 0 Å². The lowest BCUT2D eigenvalue weighted by atomic mass is 10.2. The monoisotopic (exact) mass is 190 g/mol. The Balaban J connectivity index is 2.31.